The van der Waals surface area contributed by atoms with Crippen LogP contribution in [0.2, 0.25) is 0 Å². The van der Waals surface area contributed by atoms with Crippen LogP contribution in [0.25, 0.3) is 0 Å². The lowest BCUT2D eigenvalue weighted by atomic mass is 10.1. The Hall–Kier alpha value is -1.26. The van der Waals surface area contributed by atoms with Gasteiger partial charge >= 0.3 is 0 Å². The Balaban J connectivity index is 2.73. The number of nitrogens with zero attached hydrogens (tertiary/aromatic N) is 2. The first-order valence-corrected chi connectivity index (χ1v) is 4.10. The van der Waals surface area contributed by atoms with E-state index in [2.05, 4.69) is 22.0 Å². The summed E-state index contributed by atoms with van der Waals surface area (Å²) in [5, 5.41) is 0. The van der Waals surface area contributed by atoms with E-state index in [0.717, 1.165) is 17.7 Å². The third-order valence-electron chi connectivity index (χ3n) is 1.72. The van der Waals surface area contributed by atoms with E-state index in [4.69, 9.17) is 5.84 Å². The summed E-state index contributed by atoms with van der Waals surface area (Å²) in [6, 6.07) is 1.87. The molecule has 0 radical (unpaired) electrons. The van der Waals surface area contributed by atoms with Crippen LogP contribution in [0.5, 0.6) is 0 Å². The Labute approximate surface area is 77.9 Å². The van der Waals surface area contributed by atoms with Gasteiger partial charge in [-0.1, -0.05) is 5.57 Å². The van der Waals surface area contributed by atoms with Crippen LogP contribution in [0, 0.1) is 0 Å². The van der Waals surface area contributed by atoms with Crippen molar-refractivity contribution in [2.75, 3.05) is 0 Å². The van der Waals surface area contributed by atoms with Crippen LogP contribution in [-0.2, 0) is 0 Å². The predicted octanol–water partition coefficient (Wildman–Crippen LogP) is 0.947. The molecule has 0 spiro atoms. The minimum absolute atomic E-state index is 0.0282. The molecule has 4 heteroatoms. The quantitative estimate of drug-likeness (QED) is 0.409. The van der Waals surface area contributed by atoms with Crippen LogP contribution < -0.4 is 11.3 Å². The number of hydrazine groups is 1. The molecule has 1 atom stereocenters. The van der Waals surface area contributed by atoms with Crippen LogP contribution in [-0.4, -0.2) is 9.97 Å². The number of nitrogens with two attached hydrogens (primary N) is 1. The van der Waals surface area contributed by atoms with E-state index in [0.29, 0.717) is 0 Å². The van der Waals surface area contributed by atoms with E-state index in [1.54, 1.807) is 6.20 Å². The summed E-state index contributed by atoms with van der Waals surface area (Å²) in [4.78, 5) is 7.95. The first-order valence-electron chi connectivity index (χ1n) is 4.10. The Morgan fingerprint density at radius 2 is 2.54 bits per heavy atom. The molecule has 0 amide bonds. The fourth-order valence-electron chi connectivity index (χ4n) is 1.10. The topological polar surface area (TPSA) is 63.8 Å². The lowest BCUT2D eigenvalue weighted by molar-refractivity contribution is 0.535. The number of rotatable bonds is 4. The highest BCUT2D eigenvalue weighted by Crippen LogP contribution is 2.15. The minimum Gasteiger partial charge on any atom is -0.271 e. The van der Waals surface area contributed by atoms with E-state index in [1.807, 2.05) is 13.0 Å². The summed E-state index contributed by atoms with van der Waals surface area (Å²) in [6.07, 6.45) is 4.00. The number of aromatic nitrogens is 2. The normalized spacial score (nSPS) is 12.5. The Bertz CT molecular complexity index is 270. The molecule has 3 N–H and O–H groups in total. The van der Waals surface area contributed by atoms with Crippen molar-refractivity contribution >= 4 is 0 Å². The Kier molecular flexibility index (Phi) is 3.54. The minimum atomic E-state index is 0.0282. The maximum atomic E-state index is 5.40. The van der Waals surface area contributed by atoms with E-state index in [-0.39, 0.29) is 6.04 Å². The second-order valence-electron chi connectivity index (χ2n) is 3.01. The molecular weight excluding hydrogens is 164 g/mol. The molecule has 0 saturated carbocycles. The van der Waals surface area contributed by atoms with Gasteiger partial charge in [0.05, 0.1) is 11.7 Å². The monoisotopic (exact) mass is 178 g/mol. The molecule has 1 rings (SSSR count). The Morgan fingerprint density at radius 1 is 1.77 bits per heavy atom. The number of nitrogens with one attached hydrogen (secondary N) is 1. The molecule has 4 nitrogen and oxygen atoms in total. The Morgan fingerprint density at radius 3 is 3.00 bits per heavy atom. The summed E-state index contributed by atoms with van der Waals surface area (Å²) in [6.45, 7) is 5.79. The highest BCUT2D eigenvalue weighted by atomic mass is 15.2. The van der Waals surface area contributed by atoms with Gasteiger partial charge in [0.2, 0.25) is 0 Å². The predicted molar refractivity (Wildman–Crippen MR) is 51.5 cm³/mol. The van der Waals surface area contributed by atoms with Crippen LogP contribution in [0.1, 0.15) is 25.1 Å². The molecule has 1 aromatic rings. The summed E-state index contributed by atoms with van der Waals surface area (Å²) in [5.74, 6) is 5.40. The van der Waals surface area contributed by atoms with Gasteiger partial charge in [0.25, 0.3) is 0 Å². The lowest BCUT2D eigenvalue weighted by Crippen LogP contribution is -2.28. The van der Waals surface area contributed by atoms with Gasteiger partial charge in [-0.15, -0.1) is 6.58 Å². The van der Waals surface area contributed by atoms with Gasteiger partial charge in [0.15, 0.2) is 0 Å². The molecule has 70 valence electrons. The zero-order valence-corrected chi connectivity index (χ0v) is 7.70. The van der Waals surface area contributed by atoms with Gasteiger partial charge in [-0.05, 0) is 19.4 Å². The maximum absolute atomic E-state index is 5.40. The van der Waals surface area contributed by atoms with Crippen molar-refractivity contribution in [1.29, 1.82) is 0 Å². The van der Waals surface area contributed by atoms with Crippen molar-refractivity contribution in [3.05, 3.63) is 36.4 Å². The second kappa shape index (κ2) is 4.69. The fourth-order valence-corrected chi connectivity index (χ4v) is 1.10. The smallest absolute Gasteiger partial charge is 0.115 e. The highest BCUT2D eigenvalue weighted by molar-refractivity contribution is 5.08. The molecule has 0 aliphatic rings. The van der Waals surface area contributed by atoms with Crippen molar-refractivity contribution in [2.45, 2.75) is 19.4 Å². The van der Waals surface area contributed by atoms with Crippen LogP contribution in [0.15, 0.2) is 30.7 Å². The summed E-state index contributed by atoms with van der Waals surface area (Å²) < 4.78 is 0. The van der Waals surface area contributed by atoms with Crippen LogP contribution in [0.4, 0.5) is 0 Å². The van der Waals surface area contributed by atoms with Crippen molar-refractivity contribution < 1.29 is 0 Å². The second-order valence-corrected chi connectivity index (χ2v) is 3.01. The molecule has 0 aromatic carbocycles. The van der Waals surface area contributed by atoms with Gasteiger partial charge in [-0.2, -0.15) is 0 Å². The van der Waals surface area contributed by atoms with E-state index in [9.17, 15) is 0 Å². The van der Waals surface area contributed by atoms with E-state index < -0.39 is 0 Å². The van der Waals surface area contributed by atoms with Gasteiger partial charge in [0, 0.05) is 6.20 Å². The molecule has 1 unspecified atom stereocenters. The fraction of sp³-hybridized carbons (Fsp3) is 0.333. The highest BCUT2D eigenvalue weighted by Gasteiger charge is 2.09. The molecular formula is C9H14N4. The zero-order chi connectivity index (χ0) is 9.68. The SMILES string of the molecule is C=C(C)CC(NN)c1ccncn1. The van der Waals surface area contributed by atoms with Crippen LogP contribution >= 0.6 is 0 Å². The molecule has 1 heterocycles. The maximum Gasteiger partial charge on any atom is 0.115 e. The lowest BCUT2D eigenvalue weighted by Gasteiger charge is -2.14. The van der Waals surface area contributed by atoms with Gasteiger partial charge in [0.1, 0.15) is 6.33 Å². The van der Waals surface area contributed by atoms with Gasteiger partial charge in [-0.25, -0.2) is 9.97 Å². The molecule has 0 aliphatic heterocycles. The zero-order valence-electron chi connectivity index (χ0n) is 7.70. The molecule has 0 saturated heterocycles. The third-order valence-corrected chi connectivity index (χ3v) is 1.72. The average Bonchev–Trinajstić information content (AvgIpc) is 2.15. The van der Waals surface area contributed by atoms with Crippen molar-refractivity contribution in [3.63, 3.8) is 0 Å². The van der Waals surface area contributed by atoms with Crippen molar-refractivity contribution in [3.8, 4) is 0 Å². The van der Waals surface area contributed by atoms with Crippen molar-refractivity contribution in [1.82, 2.24) is 15.4 Å². The molecule has 0 fully saturated rings. The largest absolute Gasteiger partial charge is 0.271 e. The third kappa shape index (κ3) is 2.93. The van der Waals surface area contributed by atoms with Crippen molar-refractivity contribution in [2.24, 2.45) is 5.84 Å². The average molecular weight is 178 g/mol. The van der Waals surface area contributed by atoms with Crippen LogP contribution in [0.3, 0.4) is 0 Å². The standard InChI is InChI=1S/C9H14N4/c1-7(2)5-9(13-10)8-3-4-11-6-12-8/h3-4,6,9,13H,1,5,10H2,2H3. The van der Waals surface area contributed by atoms with E-state index in [1.165, 1.54) is 6.33 Å². The first-order chi connectivity index (χ1) is 6.24. The first kappa shape index (κ1) is 9.83. The molecule has 1 aromatic heterocycles. The molecule has 0 aliphatic carbocycles. The summed E-state index contributed by atoms with van der Waals surface area (Å²) in [7, 11) is 0. The number of hydrogen-bond donors (Lipinski definition) is 2. The summed E-state index contributed by atoms with van der Waals surface area (Å²) in [5.41, 5.74) is 4.66. The van der Waals surface area contributed by atoms with Gasteiger partial charge < -0.3 is 0 Å². The molecule has 13 heavy (non-hydrogen) atoms. The number of hydrogen-bond acceptors (Lipinski definition) is 4. The van der Waals surface area contributed by atoms with E-state index >= 15 is 0 Å². The summed E-state index contributed by atoms with van der Waals surface area (Å²) >= 11 is 0. The van der Waals surface area contributed by atoms with Gasteiger partial charge in [-0.3, -0.25) is 11.3 Å². The molecule has 0 bridgehead atoms.